The van der Waals surface area contributed by atoms with Crippen LogP contribution in [-0.2, 0) is 0 Å². The van der Waals surface area contributed by atoms with Gasteiger partial charge in [-0.1, -0.05) is 0 Å². The third-order valence-corrected chi connectivity index (χ3v) is 2.49. The van der Waals surface area contributed by atoms with E-state index < -0.39 is 17.1 Å². The summed E-state index contributed by atoms with van der Waals surface area (Å²) in [5.41, 5.74) is 5.26. The third-order valence-electron chi connectivity index (χ3n) is 1.70. The van der Waals surface area contributed by atoms with Crippen LogP contribution in [0.5, 0.6) is 0 Å². The molecule has 0 bridgehead atoms. The van der Waals surface area contributed by atoms with E-state index in [9.17, 15) is 0 Å². The van der Waals surface area contributed by atoms with Crippen LogP contribution >= 0.6 is 11.6 Å². The summed E-state index contributed by atoms with van der Waals surface area (Å²) in [5.74, 6) is 0. The molecule has 0 aliphatic heterocycles. The van der Waals surface area contributed by atoms with Gasteiger partial charge in [0.05, 0.1) is 12.2 Å². The van der Waals surface area contributed by atoms with Gasteiger partial charge in [-0.15, -0.1) is 11.6 Å². The Morgan fingerprint density at radius 2 is 1.70 bits per heavy atom. The smallest absolute Gasteiger partial charge is 0.108 e. The molecule has 0 aromatic carbocycles. The van der Waals surface area contributed by atoms with Gasteiger partial charge in [-0.25, -0.2) is 0 Å². The lowest BCUT2D eigenvalue weighted by atomic mass is 9.97. The van der Waals surface area contributed by atoms with E-state index in [2.05, 4.69) is 0 Å². The fourth-order valence-electron chi connectivity index (χ4n) is 0.690. The predicted molar refractivity (Wildman–Crippen MR) is 41.0 cm³/mol. The van der Waals surface area contributed by atoms with Crippen molar-refractivity contribution < 1.29 is 10.2 Å². The summed E-state index contributed by atoms with van der Waals surface area (Å²) in [6.07, 6.45) is -1.61. The molecule has 4 N–H and O–H groups in total. The molecule has 0 aromatic heterocycles. The summed E-state index contributed by atoms with van der Waals surface area (Å²) in [6, 6.07) is 0. The van der Waals surface area contributed by atoms with Crippen LogP contribution in [-0.4, -0.2) is 33.8 Å². The van der Waals surface area contributed by atoms with E-state index in [0.717, 1.165) is 0 Å². The maximum absolute atomic E-state index is 9.07. The largest absolute Gasteiger partial charge is 0.391 e. The van der Waals surface area contributed by atoms with Gasteiger partial charge in [0.1, 0.15) is 4.87 Å². The van der Waals surface area contributed by atoms with Crippen LogP contribution in [0.25, 0.3) is 0 Å². The first-order valence-corrected chi connectivity index (χ1v) is 3.58. The summed E-state index contributed by atoms with van der Waals surface area (Å²) in [7, 11) is 0. The Morgan fingerprint density at radius 3 is 1.70 bits per heavy atom. The number of nitrogens with two attached hydrogens (primary N) is 1. The summed E-state index contributed by atoms with van der Waals surface area (Å²) in [4.78, 5) is -1.10. The molecular weight excluding hydrogens is 154 g/mol. The number of halogens is 1. The van der Waals surface area contributed by atoms with Crippen molar-refractivity contribution in [3.05, 3.63) is 0 Å². The summed E-state index contributed by atoms with van der Waals surface area (Å²) >= 11 is 5.77. The number of hydrogen-bond donors (Lipinski definition) is 3. The van der Waals surface area contributed by atoms with Gasteiger partial charge < -0.3 is 15.9 Å². The van der Waals surface area contributed by atoms with E-state index in [1.54, 1.807) is 0 Å². The molecule has 4 heteroatoms. The zero-order chi connectivity index (χ0) is 8.36. The topological polar surface area (TPSA) is 66.5 Å². The van der Waals surface area contributed by atoms with E-state index in [1.165, 1.54) is 13.8 Å². The molecule has 0 spiro atoms. The van der Waals surface area contributed by atoms with Gasteiger partial charge in [0, 0.05) is 6.54 Å². The highest BCUT2D eigenvalue weighted by molar-refractivity contribution is 6.25. The van der Waals surface area contributed by atoms with Crippen LogP contribution in [0, 0.1) is 0 Å². The average Bonchev–Trinajstić information content (AvgIpc) is 1.85. The quantitative estimate of drug-likeness (QED) is 0.505. The van der Waals surface area contributed by atoms with Crippen molar-refractivity contribution in [3.8, 4) is 0 Å². The van der Waals surface area contributed by atoms with E-state index in [1.807, 2.05) is 0 Å². The SMILES string of the molecule is CC(O)C(Cl)(CN)C(C)O. The minimum Gasteiger partial charge on any atom is -0.391 e. The van der Waals surface area contributed by atoms with Crippen molar-refractivity contribution in [1.29, 1.82) is 0 Å². The minimum absolute atomic E-state index is 0.0594. The second kappa shape index (κ2) is 3.53. The molecule has 0 radical (unpaired) electrons. The van der Waals surface area contributed by atoms with Gasteiger partial charge in [-0.2, -0.15) is 0 Å². The van der Waals surface area contributed by atoms with E-state index in [-0.39, 0.29) is 6.54 Å². The maximum atomic E-state index is 9.07. The molecule has 0 fully saturated rings. The number of hydrogen-bond acceptors (Lipinski definition) is 3. The van der Waals surface area contributed by atoms with Crippen molar-refractivity contribution in [2.45, 2.75) is 30.9 Å². The predicted octanol–water partition coefficient (Wildman–Crippen LogP) is -0.316. The lowest BCUT2D eigenvalue weighted by Crippen LogP contribution is -2.50. The Hall–Kier alpha value is 0.170. The van der Waals surface area contributed by atoms with Gasteiger partial charge in [-0.3, -0.25) is 0 Å². The fourth-order valence-corrected chi connectivity index (χ4v) is 0.690. The van der Waals surface area contributed by atoms with Crippen LogP contribution in [0.4, 0.5) is 0 Å². The number of aliphatic hydroxyl groups is 2. The fraction of sp³-hybridized carbons (Fsp3) is 1.00. The standard InChI is InChI=1S/C6H14ClNO2/c1-4(9)6(7,3-8)5(2)10/h4-5,9-10H,3,8H2,1-2H3. The molecule has 62 valence electrons. The van der Waals surface area contributed by atoms with Crippen LogP contribution in [0.2, 0.25) is 0 Å². The van der Waals surface area contributed by atoms with Crippen molar-refractivity contribution in [2.75, 3.05) is 6.54 Å². The van der Waals surface area contributed by atoms with Crippen LogP contribution in [0.1, 0.15) is 13.8 Å². The highest BCUT2D eigenvalue weighted by Gasteiger charge is 2.36. The lowest BCUT2D eigenvalue weighted by Gasteiger charge is -2.31. The molecule has 2 atom stereocenters. The van der Waals surface area contributed by atoms with Gasteiger partial charge in [-0.05, 0) is 13.8 Å². The van der Waals surface area contributed by atoms with Crippen molar-refractivity contribution in [2.24, 2.45) is 5.73 Å². The first-order valence-electron chi connectivity index (χ1n) is 3.20. The van der Waals surface area contributed by atoms with Crippen LogP contribution in [0.3, 0.4) is 0 Å². The third kappa shape index (κ3) is 1.83. The second-order valence-corrected chi connectivity index (χ2v) is 3.19. The van der Waals surface area contributed by atoms with E-state index in [4.69, 9.17) is 27.5 Å². The van der Waals surface area contributed by atoms with Crippen molar-refractivity contribution in [1.82, 2.24) is 0 Å². The number of aliphatic hydroxyl groups excluding tert-OH is 2. The van der Waals surface area contributed by atoms with E-state index >= 15 is 0 Å². The van der Waals surface area contributed by atoms with Crippen molar-refractivity contribution in [3.63, 3.8) is 0 Å². The molecule has 0 aliphatic rings. The summed E-state index contributed by atoms with van der Waals surface area (Å²) < 4.78 is 0. The molecule has 0 aromatic rings. The Kier molecular flexibility index (Phi) is 3.59. The average molecular weight is 168 g/mol. The Bertz CT molecular complexity index is 97.9. The zero-order valence-electron chi connectivity index (χ0n) is 6.21. The first-order chi connectivity index (χ1) is 4.45. The summed E-state index contributed by atoms with van der Waals surface area (Å²) in [5, 5.41) is 18.1. The van der Waals surface area contributed by atoms with Crippen LogP contribution in [0.15, 0.2) is 0 Å². The number of alkyl halides is 1. The molecule has 0 amide bonds. The Balaban J connectivity index is 4.23. The molecule has 0 rings (SSSR count). The number of rotatable bonds is 3. The summed E-state index contributed by atoms with van der Waals surface area (Å²) in [6.45, 7) is 3.07. The monoisotopic (exact) mass is 167 g/mol. The highest BCUT2D eigenvalue weighted by atomic mass is 35.5. The van der Waals surface area contributed by atoms with Gasteiger partial charge >= 0.3 is 0 Å². The second-order valence-electron chi connectivity index (χ2n) is 2.48. The lowest BCUT2D eigenvalue weighted by molar-refractivity contribution is 0.0549. The molecule has 0 saturated heterocycles. The normalized spacial score (nSPS) is 23.4. The first kappa shape index (κ1) is 10.2. The van der Waals surface area contributed by atoms with Gasteiger partial charge in [0.25, 0.3) is 0 Å². The highest BCUT2D eigenvalue weighted by Crippen LogP contribution is 2.22. The molecule has 3 nitrogen and oxygen atoms in total. The van der Waals surface area contributed by atoms with Crippen molar-refractivity contribution >= 4 is 11.6 Å². The van der Waals surface area contributed by atoms with E-state index in [0.29, 0.717) is 0 Å². The van der Waals surface area contributed by atoms with Gasteiger partial charge in [0.15, 0.2) is 0 Å². The molecule has 2 unspecified atom stereocenters. The molecular formula is C6H14ClNO2. The molecule has 0 aliphatic carbocycles. The molecule has 0 heterocycles. The minimum atomic E-state index is -1.10. The zero-order valence-corrected chi connectivity index (χ0v) is 6.97. The van der Waals surface area contributed by atoms with Crippen LogP contribution < -0.4 is 5.73 Å². The molecule has 0 saturated carbocycles. The Labute approximate surface area is 65.8 Å². The van der Waals surface area contributed by atoms with Gasteiger partial charge in [0.2, 0.25) is 0 Å². The maximum Gasteiger partial charge on any atom is 0.108 e. The molecule has 10 heavy (non-hydrogen) atoms. The Morgan fingerprint density at radius 1 is 1.40 bits per heavy atom.